The van der Waals surface area contributed by atoms with Crippen LogP contribution in [0.3, 0.4) is 0 Å². The van der Waals surface area contributed by atoms with Crippen LogP contribution in [0.15, 0.2) is 78.9 Å². The predicted molar refractivity (Wildman–Crippen MR) is 120 cm³/mol. The predicted octanol–water partition coefficient (Wildman–Crippen LogP) is 3.98. The minimum absolute atomic E-state index is 0.103. The number of ether oxygens (including phenoxy) is 1. The van der Waals surface area contributed by atoms with Gasteiger partial charge in [0.1, 0.15) is 11.8 Å². The molecular formula is C25H22N2O6. The Balaban J connectivity index is 1.83. The second-order valence-corrected chi connectivity index (χ2v) is 7.86. The monoisotopic (exact) mass is 446 g/mol. The summed E-state index contributed by atoms with van der Waals surface area (Å²) in [6, 6.07) is 19.9. The van der Waals surface area contributed by atoms with Crippen LogP contribution in [-0.2, 0) is 4.79 Å². The van der Waals surface area contributed by atoms with E-state index in [-0.39, 0.29) is 11.5 Å². The molecule has 0 aromatic heterocycles. The van der Waals surface area contributed by atoms with Crippen LogP contribution in [0.25, 0.3) is 0 Å². The third-order valence-electron chi connectivity index (χ3n) is 6.06. The number of nitro groups is 1. The molecule has 1 fully saturated rings. The number of carboxylic acid groups (broad SMARTS) is 1. The number of benzene rings is 3. The van der Waals surface area contributed by atoms with E-state index in [2.05, 4.69) is 5.32 Å². The maximum atomic E-state index is 13.7. The molecule has 3 aromatic rings. The minimum Gasteiger partial charge on any atom is -0.497 e. The Morgan fingerprint density at radius 3 is 2.09 bits per heavy atom. The van der Waals surface area contributed by atoms with E-state index in [1.54, 1.807) is 61.7 Å². The minimum atomic E-state index is -1.10. The van der Waals surface area contributed by atoms with Crippen molar-refractivity contribution >= 4 is 17.4 Å². The fraction of sp³-hybridized carbons (Fsp3) is 0.200. The maximum absolute atomic E-state index is 13.7. The second-order valence-electron chi connectivity index (χ2n) is 7.86. The summed E-state index contributed by atoms with van der Waals surface area (Å²) in [6.07, 6.45) is 0. The Morgan fingerprint density at radius 2 is 1.55 bits per heavy atom. The van der Waals surface area contributed by atoms with Crippen LogP contribution in [0, 0.1) is 16.0 Å². The van der Waals surface area contributed by atoms with Crippen molar-refractivity contribution in [3.63, 3.8) is 0 Å². The fourth-order valence-electron chi connectivity index (χ4n) is 4.48. The van der Waals surface area contributed by atoms with Crippen molar-refractivity contribution in [3.8, 4) is 5.75 Å². The molecule has 0 amide bonds. The number of carboxylic acids is 1. The fourth-order valence-corrected chi connectivity index (χ4v) is 4.48. The highest BCUT2D eigenvalue weighted by Gasteiger charge is 2.50. The van der Waals surface area contributed by atoms with Crippen LogP contribution >= 0.6 is 0 Å². The summed E-state index contributed by atoms with van der Waals surface area (Å²) in [6.45, 7) is 0. The van der Waals surface area contributed by atoms with Crippen LogP contribution in [-0.4, -0.2) is 34.9 Å². The zero-order valence-corrected chi connectivity index (χ0v) is 17.8. The lowest BCUT2D eigenvalue weighted by Crippen LogP contribution is -2.35. The van der Waals surface area contributed by atoms with Gasteiger partial charge in [-0.1, -0.05) is 54.6 Å². The molecule has 2 N–H and O–H groups in total. The van der Waals surface area contributed by atoms with Crippen molar-refractivity contribution < 1.29 is 24.4 Å². The number of carbonyl (C=O) groups excluding carboxylic acids is 1. The lowest BCUT2D eigenvalue weighted by molar-refractivity contribution is -0.384. The van der Waals surface area contributed by atoms with Gasteiger partial charge in [-0.25, -0.2) is 0 Å². The van der Waals surface area contributed by atoms with Gasteiger partial charge in [0.2, 0.25) is 0 Å². The van der Waals surface area contributed by atoms with Crippen molar-refractivity contribution in [2.24, 2.45) is 5.92 Å². The first kappa shape index (κ1) is 22.2. The first-order valence-corrected chi connectivity index (χ1v) is 10.4. The lowest BCUT2D eigenvalue weighted by atomic mass is 9.76. The first-order valence-electron chi connectivity index (χ1n) is 10.4. The number of nitrogens with zero attached hydrogens (tertiary/aromatic N) is 1. The summed E-state index contributed by atoms with van der Waals surface area (Å²) < 4.78 is 5.22. The quantitative estimate of drug-likeness (QED) is 0.320. The number of hydrogen-bond acceptors (Lipinski definition) is 6. The van der Waals surface area contributed by atoms with Crippen molar-refractivity contribution in [1.82, 2.24) is 5.32 Å². The average Bonchev–Trinajstić information content (AvgIpc) is 3.25. The molecule has 4 atom stereocenters. The second kappa shape index (κ2) is 9.22. The molecule has 0 radical (unpaired) electrons. The summed E-state index contributed by atoms with van der Waals surface area (Å²) in [5.74, 6) is -2.13. The number of aliphatic carboxylic acids is 1. The third kappa shape index (κ3) is 4.33. The van der Waals surface area contributed by atoms with Crippen LogP contribution in [0.4, 0.5) is 5.69 Å². The lowest BCUT2D eigenvalue weighted by Gasteiger charge is -2.24. The zero-order valence-electron chi connectivity index (χ0n) is 17.8. The van der Waals surface area contributed by atoms with Gasteiger partial charge >= 0.3 is 5.97 Å². The summed E-state index contributed by atoms with van der Waals surface area (Å²) in [4.78, 5) is 36.5. The standard InChI is InChI=1S/C25H22N2O6/c1-33-19-13-9-16(10-14-19)22-21(24(28)17-5-3-2-4-6-17)20(23(26-22)25(29)30)15-7-11-18(12-8-15)27(31)32/h2-14,20-23,26H,1H3,(H,29,30). The van der Waals surface area contributed by atoms with Crippen molar-refractivity contribution in [2.75, 3.05) is 7.11 Å². The highest BCUT2D eigenvalue weighted by atomic mass is 16.6. The highest BCUT2D eigenvalue weighted by molar-refractivity contribution is 6.00. The molecule has 8 heteroatoms. The van der Waals surface area contributed by atoms with Gasteiger partial charge in [-0.15, -0.1) is 0 Å². The summed E-state index contributed by atoms with van der Waals surface area (Å²) in [5.41, 5.74) is 1.67. The average molecular weight is 446 g/mol. The SMILES string of the molecule is COc1ccc(C2NC(C(=O)O)C(c3ccc([N+](=O)[O-])cc3)C2C(=O)c2ccccc2)cc1. The highest BCUT2D eigenvalue weighted by Crippen LogP contribution is 2.45. The molecular weight excluding hydrogens is 424 g/mol. The van der Waals surface area contributed by atoms with E-state index in [1.165, 1.54) is 24.3 Å². The molecule has 1 heterocycles. The van der Waals surface area contributed by atoms with E-state index in [0.717, 1.165) is 5.56 Å². The van der Waals surface area contributed by atoms with E-state index < -0.39 is 34.8 Å². The number of methoxy groups -OCH3 is 1. The number of Topliss-reactive ketones (excluding diaryl/α,β-unsaturated/α-hetero) is 1. The van der Waals surface area contributed by atoms with E-state index in [9.17, 15) is 24.8 Å². The number of non-ortho nitro benzene ring substituents is 1. The molecule has 168 valence electrons. The van der Waals surface area contributed by atoms with Gasteiger partial charge in [0.25, 0.3) is 5.69 Å². The summed E-state index contributed by atoms with van der Waals surface area (Å²) in [5, 5.41) is 24.2. The van der Waals surface area contributed by atoms with Gasteiger partial charge < -0.3 is 9.84 Å². The number of ketones is 1. The zero-order chi connectivity index (χ0) is 23.5. The number of nitrogens with one attached hydrogen (secondary N) is 1. The third-order valence-corrected chi connectivity index (χ3v) is 6.06. The van der Waals surface area contributed by atoms with Crippen molar-refractivity contribution in [2.45, 2.75) is 18.0 Å². The molecule has 1 saturated heterocycles. The van der Waals surface area contributed by atoms with E-state index in [4.69, 9.17) is 4.74 Å². The molecule has 0 aliphatic carbocycles. The number of carbonyl (C=O) groups is 2. The van der Waals surface area contributed by atoms with Gasteiger partial charge in [0, 0.05) is 29.7 Å². The van der Waals surface area contributed by atoms with E-state index in [1.807, 2.05) is 0 Å². The van der Waals surface area contributed by atoms with Gasteiger partial charge in [0.15, 0.2) is 5.78 Å². The number of nitro benzene ring substituents is 1. The molecule has 4 rings (SSSR count). The number of hydrogen-bond donors (Lipinski definition) is 2. The van der Waals surface area contributed by atoms with Gasteiger partial charge in [-0.2, -0.15) is 0 Å². The maximum Gasteiger partial charge on any atom is 0.321 e. The van der Waals surface area contributed by atoms with Crippen LogP contribution < -0.4 is 10.1 Å². The molecule has 8 nitrogen and oxygen atoms in total. The molecule has 3 aromatic carbocycles. The largest absolute Gasteiger partial charge is 0.497 e. The summed E-state index contributed by atoms with van der Waals surface area (Å²) in [7, 11) is 1.55. The first-order chi connectivity index (χ1) is 15.9. The van der Waals surface area contributed by atoms with Crippen LogP contribution in [0.5, 0.6) is 5.75 Å². The van der Waals surface area contributed by atoms with Gasteiger partial charge in [0.05, 0.1) is 18.0 Å². The molecule has 33 heavy (non-hydrogen) atoms. The molecule has 4 unspecified atom stereocenters. The molecule has 0 bridgehead atoms. The van der Waals surface area contributed by atoms with Crippen LogP contribution in [0.1, 0.15) is 33.4 Å². The van der Waals surface area contributed by atoms with Crippen molar-refractivity contribution in [1.29, 1.82) is 0 Å². The normalized spacial score (nSPS) is 22.0. The Hall–Kier alpha value is -4.04. The van der Waals surface area contributed by atoms with E-state index in [0.29, 0.717) is 16.9 Å². The van der Waals surface area contributed by atoms with Gasteiger partial charge in [-0.05, 0) is 23.3 Å². The molecule has 0 spiro atoms. The topological polar surface area (TPSA) is 119 Å². The van der Waals surface area contributed by atoms with Crippen LogP contribution in [0.2, 0.25) is 0 Å². The summed E-state index contributed by atoms with van der Waals surface area (Å²) >= 11 is 0. The Labute approximate surface area is 190 Å². The molecule has 0 saturated carbocycles. The Kier molecular flexibility index (Phi) is 6.19. The van der Waals surface area contributed by atoms with Crippen molar-refractivity contribution in [3.05, 3.63) is 106 Å². The molecule has 1 aliphatic heterocycles. The smallest absolute Gasteiger partial charge is 0.321 e. The Bertz CT molecular complexity index is 1160. The Morgan fingerprint density at radius 1 is 0.939 bits per heavy atom. The number of rotatable bonds is 7. The van der Waals surface area contributed by atoms with Gasteiger partial charge in [-0.3, -0.25) is 25.0 Å². The molecule has 1 aliphatic rings. The van der Waals surface area contributed by atoms with E-state index >= 15 is 0 Å².